The molecule has 2 saturated heterocycles. The van der Waals surface area contributed by atoms with Crippen LogP contribution in [0.25, 0.3) is 0 Å². The molecule has 0 saturated carbocycles. The number of hydrogen-bond acceptors (Lipinski definition) is 5. The Balaban J connectivity index is 1.39. The number of rotatable bonds is 4. The Morgan fingerprint density at radius 3 is 2.10 bits per heavy atom. The molecule has 31 heavy (non-hydrogen) atoms. The van der Waals surface area contributed by atoms with Gasteiger partial charge in [0.1, 0.15) is 11.0 Å². The minimum absolute atomic E-state index is 0.0857. The molecule has 0 bridgehead atoms. The van der Waals surface area contributed by atoms with Crippen molar-refractivity contribution in [1.82, 2.24) is 14.2 Å². The number of aromatic nitrogens is 1. The molecule has 3 heterocycles. The maximum atomic E-state index is 12.9. The average molecular weight is 463 g/mol. The quantitative estimate of drug-likeness (QED) is 0.652. The van der Waals surface area contributed by atoms with Gasteiger partial charge in [-0.05, 0) is 49.2 Å². The highest BCUT2D eigenvalue weighted by atomic mass is 35.5. The molecule has 0 spiro atoms. The second kappa shape index (κ2) is 9.54. The minimum Gasteiger partial charge on any atom is -0.353 e. The molecule has 0 N–H and O–H groups in total. The molecule has 1 aromatic carbocycles. The summed E-state index contributed by atoms with van der Waals surface area (Å²) in [5.74, 6) is 0.722. The van der Waals surface area contributed by atoms with Gasteiger partial charge in [0, 0.05) is 44.8 Å². The maximum Gasteiger partial charge on any atom is 0.253 e. The number of nitrogens with zero attached hydrogens (tertiary/aromatic N) is 4. The van der Waals surface area contributed by atoms with Crippen LogP contribution in [0.3, 0.4) is 0 Å². The van der Waals surface area contributed by atoms with Crippen LogP contribution in [0.1, 0.15) is 36.0 Å². The highest BCUT2D eigenvalue weighted by molar-refractivity contribution is 7.89. The van der Waals surface area contributed by atoms with Crippen LogP contribution >= 0.6 is 11.6 Å². The van der Waals surface area contributed by atoms with Crippen molar-refractivity contribution >= 4 is 33.3 Å². The van der Waals surface area contributed by atoms with Gasteiger partial charge in [-0.3, -0.25) is 4.79 Å². The Hall–Kier alpha value is -2.16. The summed E-state index contributed by atoms with van der Waals surface area (Å²) in [5.41, 5.74) is 0.504. The van der Waals surface area contributed by atoms with Crippen molar-refractivity contribution in [3.8, 4) is 0 Å². The van der Waals surface area contributed by atoms with Gasteiger partial charge in [-0.1, -0.05) is 30.5 Å². The van der Waals surface area contributed by atoms with Crippen molar-refractivity contribution in [3.05, 3.63) is 53.2 Å². The first-order chi connectivity index (χ1) is 14.9. The molecule has 0 aliphatic carbocycles. The molecule has 2 aliphatic rings. The Morgan fingerprint density at radius 2 is 1.48 bits per heavy atom. The Kier molecular flexibility index (Phi) is 6.79. The Labute approximate surface area is 188 Å². The predicted molar refractivity (Wildman–Crippen MR) is 121 cm³/mol. The zero-order valence-electron chi connectivity index (χ0n) is 17.4. The van der Waals surface area contributed by atoms with Crippen LogP contribution in [0.15, 0.2) is 47.4 Å². The van der Waals surface area contributed by atoms with Crippen LogP contribution in [-0.4, -0.2) is 67.8 Å². The standard InChI is InChI=1S/C22H27ClN4O3S/c23-20-6-5-7-21(24-20)25-14-16-26(17-15-25)22(28)18-8-10-19(11-9-18)31(29,30)27-12-3-1-2-4-13-27/h5-11H,1-4,12-17H2. The van der Waals surface area contributed by atoms with E-state index in [1.54, 1.807) is 39.5 Å². The Morgan fingerprint density at radius 1 is 0.839 bits per heavy atom. The second-order valence-corrected chi connectivity index (χ2v) is 10.3. The molecule has 0 atom stereocenters. The molecule has 9 heteroatoms. The maximum absolute atomic E-state index is 12.9. The van der Waals surface area contributed by atoms with Gasteiger partial charge < -0.3 is 9.80 Å². The molecule has 1 aromatic heterocycles. The molecule has 7 nitrogen and oxygen atoms in total. The van der Waals surface area contributed by atoms with E-state index in [-0.39, 0.29) is 10.8 Å². The summed E-state index contributed by atoms with van der Waals surface area (Å²) in [6, 6.07) is 11.9. The van der Waals surface area contributed by atoms with Gasteiger partial charge in [0.25, 0.3) is 5.91 Å². The fourth-order valence-corrected chi connectivity index (χ4v) is 5.77. The molecular formula is C22H27ClN4O3S. The summed E-state index contributed by atoms with van der Waals surface area (Å²) in [5, 5.41) is 0.450. The highest BCUT2D eigenvalue weighted by Gasteiger charge is 2.26. The first-order valence-corrected chi connectivity index (χ1v) is 12.5. The van der Waals surface area contributed by atoms with Gasteiger partial charge in [0.15, 0.2) is 0 Å². The van der Waals surface area contributed by atoms with E-state index >= 15 is 0 Å². The van der Waals surface area contributed by atoms with E-state index in [9.17, 15) is 13.2 Å². The number of benzene rings is 1. The third-order valence-electron chi connectivity index (χ3n) is 5.90. The van der Waals surface area contributed by atoms with Gasteiger partial charge in [0.05, 0.1) is 4.90 Å². The molecule has 2 aromatic rings. The summed E-state index contributed by atoms with van der Waals surface area (Å²) < 4.78 is 27.4. The second-order valence-electron chi connectivity index (χ2n) is 7.94. The topological polar surface area (TPSA) is 73.8 Å². The number of pyridine rings is 1. The largest absolute Gasteiger partial charge is 0.353 e. The summed E-state index contributed by atoms with van der Waals surface area (Å²) in [4.78, 5) is 21.4. The molecule has 2 fully saturated rings. The van der Waals surface area contributed by atoms with Gasteiger partial charge in [-0.15, -0.1) is 0 Å². The van der Waals surface area contributed by atoms with Crippen LogP contribution < -0.4 is 4.90 Å². The lowest BCUT2D eigenvalue weighted by Gasteiger charge is -2.35. The summed E-state index contributed by atoms with van der Waals surface area (Å²) in [6.45, 7) is 3.60. The number of carbonyl (C=O) groups excluding carboxylic acids is 1. The van der Waals surface area contributed by atoms with E-state index in [2.05, 4.69) is 9.88 Å². The summed E-state index contributed by atoms with van der Waals surface area (Å²) in [7, 11) is -3.51. The minimum atomic E-state index is -3.51. The Bertz CT molecular complexity index is 1010. The van der Waals surface area contributed by atoms with E-state index in [0.717, 1.165) is 31.5 Å². The molecule has 0 unspecified atom stereocenters. The van der Waals surface area contributed by atoms with Crippen LogP contribution in [0, 0.1) is 0 Å². The number of anilines is 1. The average Bonchev–Trinajstić information content (AvgIpc) is 3.09. The lowest BCUT2D eigenvalue weighted by molar-refractivity contribution is 0.0746. The number of amides is 1. The van der Waals surface area contributed by atoms with Crippen molar-refractivity contribution in [2.75, 3.05) is 44.2 Å². The van der Waals surface area contributed by atoms with E-state index in [4.69, 9.17) is 11.6 Å². The molecule has 1 amide bonds. The zero-order valence-corrected chi connectivity index (χ0v) is 19.0. The highest BCUT2D eigenvalue weighted by Crippen LogP contribution is 2.22. The third kappa shape index (κ3) is 5.02. The van der Waals surface area contributed by atoms with E-state index in [0.29, 0.717) is 50.0 Å². The smallest absolute Gasteiger partial charge is 0.253 e. The first kappa shape index (κ1) is 22.0. The lowest BCUT2D eigenvalue weighted by atomic mass is 10.2. The normalized spacial score (nSPS) is 18.6. The van der Waals surface area contributed by atoms with Crippen molar-refractivity contribution in [2.45, 2.75) is 30.6 Å². The molecule has 2 aliphatic heterocycles. The summed E-state index contributed by atoms with van der Waals surface area (Å²) in [6.07, 6.45) is 3.93. The number of halogens is 1. The number of sulfonamides is 1. The van der Waals surface area contributed by atoms with Crippen LogP contribution in [0.2, 0.25) is 5.15 Å². The van der Waals surface area contributed by atoms with E-state index < -0.39 is 10.0 Å². The fourth-order valence-electron chi connectivity index (χ4n) is 4.10. The van der Waals surface area contributed by atoms with Crippen LogP contribution in [-0.2, 0) is 10.0 Å². The number of piperazine rings is 1. The monoisotopic (exact) mass is 462 g/mol. The van der Waals surface area contributed by atoms with Gasteiger partial charge in [-0.2, -0.15) is 4.31 Å². The lowest BCUT2D eigenvalue weighted by Crippen LogP contribution is -2.49. The van der Waals surface area contributed by atoms with Crippen molar-refractivity contribution in [3.63, 3.8) is 0 Å². The van der Waals surface area contributed by atoms with Gasteiger partial charge >= 0.3 is 0 Å². The zero-order chi connectivity index (χ0) is 21.8. The number of hydrogen-bond donors (Lipinski definition) is 0. The van der Waals surface area contributed by atoms with Crippen molar-refractivity contribution in [1.29, 1.82) is 0 Å². The van der Waals surface area contributed by atoms with Crippen molar-refractivity contribution in [2.24, 2.45) is 0 Å². The van der Waals surface area contributed by atoms with Gasteiger partial charge in [0.2, 0.25) is 10.0 Å². The van der Waals surface area contributed by atoms with Gasteiger partial charge in [-0.25, -0.2) is 13.4 Å². The summed E-state index contributed by atoms with van der Waals surface area (Å²) >= 11 is 5.98. The molecule has 166 valence electrons. The van der Waals surface area contributed by atoms with Crippen LogP contribution in [0.5, 0.6) is 0 Å². The fraction of sp³-hybridized carbons (Fsp3) is 0.455. The molecule has 4 rings (SSSR count). The first-order valence-electron chi connectivity index (χ1n) is 10.7. The van der Waals surface area contributed by atoms with E-state index in [1.807, 2.05) is 12.1 Å². The SMILES string of the molecule is O=C(c1ccc(S(=O)(=O)N2CCCCCC2)cc1)N1CCN(c2cccc(Cl)n2)CC1. The third-order valence-corrected chi connectivity index (χ3v) is 8.02. The predicted octanol–water partition coefficient (Wildman–Crippen LogP) is 3.26. The number of carbonyl (C=O) groups is 1. The molecule has 0 radical (unpaired) electrons. The van der Waals surface area contributed by atoms with Crippen molar-refractivity contribution < 1.29 is 13.2 Å². The van der Waals surface area contributed by atoms with Crippen LogP contribution in [0.4, 0.5) is 5.82 Å². The molecular weight excluding hydrogens is 436 g/mol. The van der Waals surface area contributed by atoms with E-state index in [1.165, 1.54) is 0 Å².